The number of amides is 1. The first-order chi connectivity index (χ1) is 17.0. The number of methoxy groups -OCH3 is 1. The van der Waals surface area contributed by atoms with Gasteiger partial charge in [0.15, 0.2) is 0 Å². The highest BCUT2D eigenvalue weighted by Crippen LogP contribution is 2.46. The van der Waals surface area contributed by atoms with Crippen LogP contribution in [0.2, 0.25) is 0 Å². The minimum absolute atomic E-state index is 0.137. The van der Waals surface area contributed by atoms with Gasteiger partial charge in [0.05, 0.1) is 34.7 Å². The van der Waals surface area contributed by atoms with Crippen molar-refractivity contribution in [1.29, 1.82) is 0 Å². The van der Waals surface area contributed by atoms with Gasteiger partial charge in [-0.1, -0.05) is 17.8 Å². The van der Waals surface area contributed by atoms with Gasteiger partial charge in [0.25, 0.3) is 11.5 Å². The number of thiazole rings is 1. The minimum Gasteiger partial charge on any atom is -0.744 e. The number of hydrazone groups is 1. The maximum absolute atomic E-state index is 13.4. The van der Waals surface area contributed by atoms with Crippen molar-refractivity contribution in [2.75, 3.05) is 24.1 Å². The number of hydrogen-bond donors (Lipinski definition) is 0. The van der Waals surface area contributed by atoms with Gasteiger partial charge >= 0.3 is 0 Å². The molecule has 2 aliphatic heterocycles. The topological polar surface area (TPSA) is 124 Å². The predicted molar refractivity (Wildman–Crippen MR) is 138 cm³/mol. The normalized spacial score (nSPS) is 18.6. The highest BCUT2D eigenvalue weighted by molar-refractivity contribution is 8.08. The van der Waals surface area contributed by atoms with Crippen LogP contribution in [-0.4, -0.2) is 43.3 Å². The molecule has 0 radical (unpaired) electrons. The molecule has 0 N–H and O–H groups in total. The van der Waals surface area contributed by atoms with E-state index in [-0.39, 0.29) is 16.8 Å². The van der Waals surface area contributed by atoms with Gasteiger partial charge in [0.2, 0.25) is 0 Å². The van der Waals surface area contributed by atoms with Crippen molar-refractivity contribution in [3.63, 3.8) is 0 Å². The first-order valence-electron chi connectivity index (χ1n) is 10.5. The average molecular weight is 544 g/mol. The van der Waals surface area contributed by atoms with Crippen molar-refractivity contribution in [2.45, 2.75) is 16.7 Å². The van der Waals surface area contributed by atoms with Crippen LogP contribution in [0.5, 0.6) is 5.75 Å². The maximum Gasteiger partial charge on any atom is 0.283 e. The number of rotatable bonds is 3. The Kier molecular flexibility index (Phi) is 5.82. The molecule has 0 spiro atoms. The lowest BCUT2D eigenvalue weighted by Crippen LogP contribution is -2.33. The van der Waals surface area contributed by atoms with Crippen molar-refractivity contribution in [3.05, 3.63) is 62.0 Å². The zero-order valence-electron chi connectivity index (χ0n) is 19.5. The number of fused-ring (bicyclic) bond motifs is 1. The second-order valence-electron chi connectivity index (χ2n) is 8.03. The van der Waals surface area contributed by atoms with E-state index < -0.39 is 20.9 Å². The number of hydrogen-bond acceptors (Lipinski definition) is 10. The molecule has 10 nitrogen and oxygen atoms in total. The van der Waals surface area contributed by atoms with Gasteiger partial charge in [0, 0.05) is 25.1 Å². The van der Waals surface area contributed by atoms with Gasteiger partial charge in [-0.05, 0) is 37.3 Å². The quantitative estimate of drug-likeness (QED) is 0.452. The first-order valence-corrected chi connectivity index (χ1v) is 13.6. The van der Waals surface area contributed by atoms with Gasteiger partial charge in [-0.15, -0.1) is 11.3 Å². The number of anilines is 2. The number of ether oxygens (including phenoxy) is 1. The van der Waals surface area contributed by atoms with E-state index in [1.54, 1.807) is 21.1 Å². The predicted octanol–water partition coefficient (Wildman–Crippen LogP) is 1.24. The maximum atomic E-state index is 13.4. The molecule has 36 heavy (non-hydrogen) atoms. The third-order valence-corrected chi connectivity index (χ3v) is 9.26. The SMILES string of the molecule is COc1ccc2c(c1)N(C)C(=c1sc(=C3C(=O)N(c4cccc(S(=O)(=O)[O-])c4)N=C3C)n(C)c1=O)S2. The Labute approximate surface area is 214 Å². The summed E-state index contributed by atoms with van der Waals surface area (Å²) in [6.45, 7) is 1.64. The summed E-state index contributed by atoms with van der Waals surface area (Å²) in [5.41, 5.74) is 1.39. The van der Waals surface area contributed by atoms with Crippen LogP contribution in [0.3, 0.4) is 0 Å². The lowest BCUT2D eigenvalue weighted by molar-refractivity contribution is -0.112. The fourth-order valence-electron chi connectivity index (χ4n) is 3.96. The molecule has 1 amide bonds. The smallest absolute Gasteiger partial charge is 0.283 e. The lowest BCUT2D eigenvalue weighted by atomic mass is 10.2. The van der Waals surface area contributed by atoms with Crippen LogP contribution < -0.4 is 29.4 Å². The first kappa shape index (κ1) is 24.3. The molecule has 3 heterocycles. The molecule has 0 atom stereocenters. The second-order valence-corrected chi connectivity index (χ2v) is 11.4. The third kappa shape index (κ3) is 3.84. The Bertz CT molecular complexity index is 1770. The average Bonchev–Trinajstić information content (AvgIpc) is 3.44. The Morgan fingerprint density at radius 3 is 2.53 bits per heavy atom. The van der Waals surface area contributed by atoms with Gasteiger partial charge in [-0.25, -0.2) is 8.42 Å². The van der Waals surface area contributed by atoms with Gasteiger partial charge < -0.3 is 18.8 Å². The highest BCUT2D eigenvalue weighted by Gasteiger charge is 2.32. The van der Waals surface area contributed by atoms with E-state index in [1.165, 1.54) is 39.8 Å². The number of benzene rings is 2. The van der Waals surface area contributed by atoms with Crippen LogP contribution in [-0.2, 0) is 22.0 Å². The fourth-order valence-corrected chi connectivity index (χ4v) is 6.98. The van der Waals surface area contributed by atoms with E-state index in [0.717, 1.165) is 32.8 Å². The van der Waals surface area contributed by atoms with Gasteiger partial charge in [0.1, 0.15) is 30.1 Å². The number of nitrogens with zero attached hydrogens (tertiary/aromatic N) is 4. The van der Waals surface area contributed by atoms with Gasteiger partial charge in [-0.3, -0.25) is 9.59 Å². The molecular weight excluding hydrogens is 524 g/mol. The van der Waals surface area contributed by atoms with Crippen molar-refractivity contribution in [2.24, 2.45) is 12.1 Å². The summed E-state index contributed by atoms with van der Waals surface area (Å²) < 4.78 is 41.9. The summed E-state index contributed by atoms with van der Waals surface area (Å²) in [5, 5.41) is 6.06. The van der Waals surface area contributed by atoms with E-state index in [1.807, 2.05) is 30.1 Å². The zero-order chi connectivity index (χ0) is 25.9. The van der Waals surface area contributed by atoms with Crippen molar-refractivity contribution < 1.29 is 22.5 Å². The van der Waals surface area contributed by atoms with Crippen LogP contribution in [0.4, 0.5) is 11.4 Å². The molecule has 186 valence electrons. The third-order valence-electron chi connectivity index (χ3n) is 5.82. The van der Waals surface area contributed by atoms with Crippen LogP contribution >= 0.6 is 23.1 Å². The molecule has 5 rings (SSSR count). The molecule has 0 unspecified atom stereocenters. The number of carbonyl (C=O) groups excluding carboxylic acids is 1. The molecule has 0 saturated heterocycles. The van der Waals surface area contributed by atoms with Gasteiger partial charge in [-0.2, -0.15) is 10.1 Å². The summed E-state index contributed by atoms with van der Waals surface area (Å²) in [7, 11) is 0.344. The van der Waals surface area contributed by atoms with Crippen LogP contribution in [0, 0.1) is 0 Å². The molecular formula is C23H19N4O6S3-. The zero-order valence-corrected chi connectivity index (χ0v) is 22.0. The standard InChI is InChI=1S/C23H20N4O6S3/c1-12-18(20(28)27(24-12)13-6-5-7-15(10-13)36(30,31)32)22-26(3)21(29)19(35-22)23-25(2)16-11-14(33-4)8-9-17(16)34-23/h5-11H,1-4H3,(H,30,31,32)/p-1. The summed E-state index contributed by atoms with van der Waals surface area (Å²) in [6, 6.07) is 10.8. The minimum atomic E-state index is -4.71. The Hall–Kier alpha value is -3.39. The Balaban J connectivity index is 1.64. The molecule has 0 aliphatic carbocycles. The second kappa shape index (κ2) is 8.62. The van der Waals surface area contributed by atoms with Crippen molar-refractivity contribution in [3.8, 4) is 5.75 Å². The van der Waals surface area contributed by atoms with Crippen LogP contribution in [0.25, 0.3) is 10.6 Å². The monoisotopic (exact) mass is 543 g/mol. The lowest BCUT2D eigenvalue weighted by Gasteiger charge is -2.14. The van der Waals surface area contributed by atoms with E-state index in [4.69, 9.17) is 4.74 Å². The van der Waals surface area contributed by atoms with Crippen LogP contribution in [0.15, 0.2) is 62.2 Å². The molecule has 0 bridgehead atoms. The van der Waals surface area contributed by atoms with Crippen molar-refractivity contribution >= 4 is 66.8 Å². The van der Waals surface area contributed by atoms with E-state index in [9.17, 15) is 22.6 Å². The molecule has 2 aromatic carbocycles. The van der Waals surface area contributed by atoms with Crippen LogP contribution in [0.1, 0.15) is 6.92 Å². The summed E-state index contributed by atoms with van der Waals surface area (Å²) in [5.74, 6) is 0.178. The number of carbonyl (C=O) groups is 1. The fraction of sp³-hybridized carbons (Fsp3) is 0.174. The summed E-state index contributed by atoms with van der Waals surface area (Å²) in [4.78, 5) is 29.1. The Morgan fingerprint density at radius 1 is 1.08 bits per heavy atom. The van der Waals surface area contributed by atoms with E-state index in [2.05, 4.69) is 5.10 Å². The molecule has 13 heteroatoms. The summed E-state index contributed by atoms with van der Waals surface area (Å²) in [6.07, 6.45) is 0. The molecule has 0 saturated carbocycles. The number of thioether (sulfide) groups is 1. The molecule has 3 aromatic rings. The van der Waals surface area contributed by atoms with E-state index in [0.29, 0.717) is 20.7 Å². The summed E-state index contributed by atoms with van der Waals surface area (Å²) >= 11 is 2.65. The highest BCUT2D eigenvalue weighted by atomic mass is 32.2. The largest absolute Gasteiger partial charge is 0.744 e. The number of aromatic nitrogens is 1. The van der Waals surface area contributed by atoms with E-state index >= 15 is 0 Å². The molecule has 0 fully saturated rings. The Morgan fingerprint density at radius 2 is 1.83 bits per heavy atom. The molecule has 2 aliphatic rings. The molecule has 1 aromatic heterocycles. The van der Waals surface area contributed by atoms with Crippen molar-refractivity contribution in [1.82, 2.24) is 4.57 Å².